The maximum atomic E-state index is 9.74. The molecule has 0 atom stereocenters. The van der Waals surface area contributed by atoms with E-state index in [1.165, 1.54) is 22.3 Å². The number of phenols is 1. The Bertz CT molecular complexity index is 827. The van der Waals surface area contributed by atoms with E-state index in [0.717, 1.165) is 18.4 Å². The summed E-state index contributed by atoms with van der Waals surface area (Å²) in [7, 11) is 0. The van der Waals surface area contributed by atoms with Crippen LogP contribution in [0.3, 0.4) is 0 Å². The number of hydrogen-bond acceptors (Lipinski definition) is 1. The first-order valence-corrected chi connectivity index (χ1v) is 8.96. The zero-order valence-electron chi connectivity index (χ0n) is 15.3. The van der Waals surface area contributed by atoms with E-state index >= 15 is 0 Å². The van der Waals surface area contributed by atoms with Crippen molar-refractivity contribution in [1.82, 2.24) is 0 Å². The van der Waals surface area contributed by atoms with Crippen molar-refractivity contribution < 1.29 is 5.11 Å². The van der Waals surface area contributed by atoms with E-state index in [-0.39, 0.29) is 5.41 Å². The van der Waals surface area contributed by atoms with Crippen molar-refractivity contribution in [1.29, 1.82) is 0 Å². The van der Waals surface area contributed by atoms with Crippen molar-refractivity contribution >= 4 is 0 Å². The Morgan fingerprint density at radius 3 is 1.84 bits per heavy atom. The third kappa shape index (κ3) is 4.11. The Hall–Kier alpha value is -2.54. The molecule has 0 aliphatic rings. The molecule has 3 aromatic carbocycles. The lowest BCUT2D eigenvalue weighted by atomic mass is 9.79. The van der Waals surface area contributed by atoms with Gasteiger partial charge in [-0.15, -0.1) is 0 Å². The van der Waals surface area contributed by atoms with Crippen LogP contribution in [0.2, 0.25) is 0 Å². The molecule has 0 bridgehead atoms. The van der Waals surface area contributed by atoms with Gasteiger partial charge in [-0.2, -0.15) is 0 Å². The fraction of sp³-hybridized carbons (Fsp3) is 0.250. The van der Waals surface area contributed by atoms with E-state index in [4.69, 9.17) is 0 Å². The summed E-state index contributed by atoms with van der Waals surface area (Å²) in [5.41, 5.74) is 6.32. The number of rotatable bonds is 5. The maximum Gasteiger partial charge on any atom is 0.115 e. The Balaban J connectivity index is 1.77. The van der Waals surface area contributed by atoms with Crippen LogP contribution >= 0.6 is 0 Å². The fourth-order valence-corrected chi connectivity index (χ4v) is 3.29. The number of aryl methyl sites for hydroxylation is 1. The van der Waals surface area contributed by atoms with Crippen LogP contribution in [0, 0.1) is 0 Å². The molecule has 128 valence electrons. The van der Waals surface area contributed by atoms with Gasteiger partial charge in [-0.25, -0.2) is 0 Å². The second-order valence-corrected chi connectivity index (χ2v) is 7.36. The Morgan fingerprint density at radius 1 is 0.760 bits per heavy atom. The van der Waals surface area contributed by atoms with Crippen LogP contribution in [-0.4, -0.2) is 5.11 Å². The number of hydrogen-bond donors (Lipinski definition) is 1. The maximum absolute atomic E-state index is 9.74. The fourth-order valence-electron chi connectivity index (χ4n) is 3.29. The minimum atomic E-state index is -0.0248. The zero-order chi connectivity index (χ0) is 17.9. The van der Waals surface area contributed by atoms with E-state index in [0.29, 0.717) is 5.75 Å². The first-order chi connectivity index (χ1) is 12.0. The molecule has 0 heterocycles. The van der Waals surface area contributed by atoms with Gasteiger partial charge < -0.3 is 5.11 Å². The van der Waals surface area contributed by atoms with E-state index < -0.39 is 0 Å². The standard InChI is InChI=1S/C24H26O/c1-4-18-8-12-20(13-9-18)21-14-10-19(11-15-21)17-24(2,3)22-6-5-7-23(25)16-22/h5-16,25H,4,17H2,1-3H3. The van der Waals surface area contributed by atoms with Crippen molar-refractivity contribution in [2.75, 3.05) is 0 Å². The van der Waals surface area contributed by atoms with Gasteiger partial charge in [0.25, 0.3) is 0 Å². The van der Waals surface area contributed by atoms with Crippen LogP contribution in [0.25, 0.3) is 11.1 Å². The topological polar surface area (TPSA) is 20.2 Å². The zero-order valence-corrected chi connectivity index (χ0v) is 15.3. The minimum absolute atomic E-state index is 0.0248. The third-order valence-corrected chi connectivity index (χ3v) is 4.92. The van der Waals surface area contributed by atoms with Crippen molar-refractivity contribution in [3.8, 4) is 16.9 Å². The minimum Gasteiger partial charge on any atom is -0.508 e. The molecule has 25 heavy (non-hydrogen) atoms. The van der Waals surface area contributed by atoms with Crippen LogP contribution in [0.15, 0.2) is 72.8 Å². The van der Waals surface area contributed by atoms with Gasteiger partial charge in [0.15, 0.2) is 0 Å². The average Bonchev–Trinajstić information content (AvgIpc) is 2.62. The third-order valence-electron chi connectivity index (χ3n) is 4.92. The first kappa shape index (κ1) is 17.3. The van der Waals surface area contributed by atoms with Crippen LogP contribution in [0.1, 0.15) is 37.5 Å². The van der Waals surface area contributed by atoms with Gasteiger partial charge >= 0.3 is 0 Å². The highest BCUT2D eigenvalue weighted by atomic mass is 16.3. The molecule has 0 saturated heterocycles. The molecular weight excluding hydrogens is 304 g/mol. The summed E-state index contributed by atoms with van der Waals surface area (Å²) in [6.45, 7) is 6.62. The molecule has 0 saturated carbocycles. The van der Waals surface area contributed by atoms with E-state index in [1.54, 1.807) is 6.07 Å². The highest BCUT2D eigenvalue weighted by Gasteiger charge is 2.21. The Labute approximate surface area is 151 Å². The summed E-state index contributed by atoms with van der Waals surface area (Å²) in [4.78, 5) is 0. The molecule has 1 heteroatoms. The average molecular weight is 330 g/mol. The highest BCUT2D eigenvalue weighted by Crippen LogP contribution is 2.30. The number of benzene rings is 3. The molecule has 3 rings (SSSR count). The normalized spacial score (nSPS) is 11.5. The molecule has 0 unspecified atom stereocenters. The van der Waals surface area contributed by atoms with Gasteiger partial charge in [0.05, 0.1) is 0 Å². The molecule has 0 radical (unpaired) electrons. The van der Waals surface area contributed by atoms with Crippen molar-refractivity contribution in [3.05, 3.63) is 89.5 Å². The summed E-state index contributed by atoms with van der Waals surface area (Å²) >= 11 is 0. The lowest BCUT2D eigenvalue weighted by Gasteiger charge is -2.25. The molecule has 0 spiro atoms. The van der Waals surface area contributed by atoms with Gasteiger partial charge in [-0.1, -0.05) is 81.4 Å². The first-order valence-electron chi connectivity index (χ1n) is 8.96. The van der Waals surface area contributed by atoms with Crippen LogP contribution in [0.5, 0.6) is 5.75 Å². The molecule has 0 fully saturated rings. The summed E-state index contributed by atoms with van der Waals surface area (Å²) in [5.74, 6) is 0.330. The Kier molecular flexibility index (Phi) is 4.94. The predicted octanol–water partition coefficient (Wildman–Crippen LogP) is 6.14. The molecular formula is C24H26O. The molecule has 0 aliphatic heterocycles. The highest BCUT2D eigenvalue weighted by molar-refractivity contribution is 5.64. The summed E-state index contributed by atoms with van der Waals surface area (Å²) < 4.78 is 0. The monoisotopic (exact) mass is 330 g/mol. The summed E-state index contributed by atoms with van der Waals surface area (Å²) in [5, 5.41) is 9.74. The molecule has 0 aliphatic carbocycles. The summed E-state index contributed by atoms with van der Waals surface area (Å²) in [6, 6.07) is 25.2. The second kappa shape index (κ2) is 7.14. The van der Waals surface area contributed by atoms with Gasteiger partial charge in [-0.05, 0) is 58.2 Å². The van der Waals surface area contributed by atoms with Crippen molar-refractivity contribution in [2.24, 2.45) is 0 Å². The van der Waals surface area contributed by atoms with E-state index in [2.05, 4.69) is 75.4 Å². The van der Waals surface area contributed by atoms with E-state index in [9.17, 15) is 5.11 Å². The van der Waals surface area contributed by atoms with Crippen LogP contribution < -0.4 is 0 Å². The Morgan fingerprint density at radius 2 is 1.32 bits per heavy atom. The molecule has 1 nitrogen and oxygen atoms in total. The molecule has 0 aromatic heterocycles. The quantitative estimate of drug-likeness (QED) is 0.595. The predicted molar refractivity (Wildman–Crippen MR) is 106 cm³/mol. The van der Waals surface area contributed by atoms with Crippen LogP contribution in [-0.2, 0) is 18.3 Å². The molecule has 1 N–H and O–H groups in total. The largest absolute Gasteiger partial charge is 0.508 e. The number of aromatic hydroxyl groups is 1. The SMILES string of the molecule is CCc1ccc(-c2ccc(CC(C)(C)c3cccc(O)c3)cc2)cc1. The van der Waals surface area contributed by atoms with E-state index in [1.807, 2.05) is 12.1 Å². The smallest absolute Gasteiger partial charge is 0.115 e. The summed E-state index contributed by atoms with van der Waals surface area (Å²) in [6.07, 6.45) is 2.01. The van der Waals surface area contributed by atoms with Gasteiger partial charge in [0.1, 0.15) is 5.75 Å². The second-order valence-electron chi connectivity index (χ2n) is 7.36. The van der Waals surface area contributed by atoms with Crippen LogP contribution in [0.4, 0.5) is 0 Å². The van der Waals surface area contributed by atoms with Gasteiger partial charge in [0.2, 0.25) is 0 Å². The number of phenolic OH excluding ortho intramolecular Hbond substituents is 1. The molecule has 3 aromatic rings. The lowest BCUT2D eigenvalue weighted by molar-refractivity contribution is 0.467. The lowest BCUT2D eigenvalue weighted by Crippen LogP contribution is -2.20. The van der Waals surface area contributed by atoms with Gasteiger partial charge in [0, 0.05) is 0 Å². The van der Waals surface area contributed by atoms with Crippen molar-refractivity contribution in [2.45, 2.75) is 39.0 Å². The van der Waals surface area contributed by atoms with Gasteiger partial charge in [-0.3, -0.25) is 0 Å². The molecule has 0 amide bonds. The van der Waals surface area contributed by atoms with Crippen molar-refractivity contribution in [3.63, 3.8) is 0 Å².